The topological polar surface area (TPSA) is 74.0 Å². The molecule has 2 aliphatic rings. The van der Waals surface area contributed by atoms with Gasteiger partial charge in [-0.1, -0.05) is 0 Å². The third kappa shape index (κ3) is 5.24. The molecule has 0 saturated carbocycles. The molecular formula is C18H25F3N2O4. The molecule has 0 atom stereocenters. The highest BCUT2D eigenvalue weighted by Crippen LogP contribution is 2.41. The summed E-state index contributed by atoms with van der Waals surface area (Å²) >= 11 is 0. The second-order valence-corrected chi connectivity index (χ2v) is 7.01. The van der Waals surface area contributed by atoms with E-state index in [4.69, 9.17) is 14.3 Å². The molecule has 1 N–H and O–H groups in total. The number of piperidine rings is 1. The van der Waals surface area contributed by atoms with Crippen LogP contribution in [0.15, 0.2) is 16.5 Å². The molecule has 2 fully saturated rings. The van der Waals surface area contributed by atoms with Crippen molar-refractivity contribution in [3.05, 3.63) is 23.7 Å². The number of nitrogens with zero attached hydrogens (tertiary/aromatic N) is 2. The Morgan fingerprint density at radius 1 is 1.22 bits per heavy atom. The summed E-state index contributed by atoms with van der Waals surface area (Å²) in [5.74, 6) is -0.356. The molecule has 27 heavy (non-hydrogen) atoms. The van der Waals surface area contributed by atoms with E-state index >= 15 is 0 Å². The molecule has 0 aliphatic carbocycles. The van der Waals surface area contributed by atoms with Crippen LogP contribution in [0.3, 0.4) is 0 Å². The maximum Gasteiger partial charge on any atom is 0.490 e. The maximum atomic E-state index is 12.5. The number of rotatable bonds is 3. The lowest BCUT2D eigenvalue weighted by molar-refractivity contribution is -0.192. The summed E-state index contributed by atoms with van der Waals surface area (Å²) in [5.41, 5.74) is -0.0500. The van der Waals surface area contributed by atoms with Gasteiger partial charge in [0.2, 0.25) is 5.91 Å². The van der Waals surface area contributed by atoms with Crippen LogP contribution in [0.1, 0.15) is 37.7 Å². The first kappa shape index (κ1) is 21.3. The van der Waals surface area contributed by atoms with Crippen LogP contribution in [0.5, 0.6) is 0 Å². The van der Waals surface area contributed by atoms with Gasteiger partial charge in [-0.3, -0.25) is 9.69 Å². The smallest absolute Gasteiger partial charge is 0.475 e. The van der Waals surface area contributed by atoms with Crippen LogP contribution in [0.4, 0.5) is 13.2 Å². The number of hydrogen-bond acceptors (Lipinski definition) is 4. The van der Waals surface area contributed by atoms with E-state index in [-0.39, 0.29) is 5.41 Å². The summed E-state index contributed by atoms with van der Waals surface area (Å²) in [6.07, 6.45) is -2.03. The molecule has 1 aromatic heterocycles. The fourth-order valence-corrected chi connectivity index (χ4v) is 3.59. The Morgan fingerprint density at radius 2 is 1.78 bits per heavy atom. The van der Waals surface area contributed by atoms with Crippen molar-refractivity contribution in [1.29, 1.82) is 0 Å². The molecule has 2 saturated heterocycles. The van der Waals surface area contributed by atoms with Crippen LogP contribution >= 0.6 is 0 Å². The van der Waals surface area contributed by atoms with Crippen LogP contribution in [0, 0.1) is 12.3 Å². The summed E-state index contributed by atoms with van der Waals surface area (Å²) < 4.78 is 37.4. The lowest BCUT2D eigenvalue weighted by Gasteiger charge is -2.37. The number of aryl methyl sites for hydroxylation is 1. The lowest BCUT2D eigenvalue weighted by Crippen LogP contribution is -2.44. The predicted molar refractivity (Wildman–Crippen MR) is 91.0 cm³/mol. The van der Waals surface area contributed by atoms with Crippen LogP contribution in [0.25, 0.3) is 0 Å². The van der Waals surface area contributed by atoms with Crippen molar-refractivity contribution in [3.8, 4) is 0 Å². The Labute approximate surface area is 155 Å². The van der Waals surface area contributed by atoms with Gasteiger partial charge in [-0.15, -0.1) is 0 Å². The molecule has 0 radical (unpaired) electrons. The minimum atomic E-state index is -5.08. The van der Waals surface area contributed by atoms with Gasteiger partial charge in [0.15, 0.2) is 0 Å². The van der Waals surface area contributed by atoms with Crippen molar-refractivity contribution in [1.82, 2.24) is 9.80 Å². The first-order valence-electron chi connectivity index (χ1n) is 8.94. The average molecular weight is 390 g/mol. The van der Waals surface area contributed by atoms with E-state index in [1.165, 1.54) is 0 Å². The van der Waals surface area contributed by atoms with Crippen molar-refractivity contribution < 1.29 is 32.3 Å². The molecule has 152 valence electrons. The number of furan rings is 1. The first-order valence-corrected chi connectivity index (χ1v) is 8.94. The molecule has 1 amide bonds. The van der Waals surface area contributed by atoms with Gasteiger partial charge >= 0.3 is 12.1 Å². The van der Waals surface area contributed by atoms with Gasteiger partial charge in [-0.2, -0.15) is 13.2 Å². The van der Waals surface area contributed by atoms with E-state index in [9.17, 15) is 18.0 Å². The average Bonchev–Trinajstić information content (AvgIpc) is 3.14. The fraction of sp³-hybridized carbons (Fsp3) is 0.667. The van der Waals surface area contributed by atoms with Crippen molar-refractivity contribution >= 4 is 11.9 Å². The second kappa shape index (κ2) is 8.33. The van der Waals surface area contributed by atoms with E-state index in [1.54, 1.807) is 0 Å². The summed E-state index contributed by atoms with van der Waals surface area (Å²) in [5, 5.41) is 7.12. The number of carboxylic acid groups (broad SMARTS) is 1. The highest BCUT2D eigenvalue weighted by atomic mass is 19.4. The van der Waals surface area contributed by atoms with Crippen molar-refractivity contribution in [2.45, 2.75) is 45.8 Å². The van der Waals surface area contributed by atoms with Crippen LogP contribution in [0.2, 0.25) is 0 Å². The van der Waals surface area contributed by atoms with Crippen molar-refractivity contribution in [3.63, 3.8) is 0 Å². The van der Waals surface area contributed by atoms with Gasteiger partial charge < -0.3 is 14.4 Å². The van der Waals surface area contributed by atoms with Crippen LogP contribution in [-0.2, 0) is 16.1 Å². The predicted octanol–water partition coefficient (Wildman–Crippen LogP) is 3.06. The highest BCUT2D eigenvalue weighted by Gasteiger charge is 2.47. The van der Waals surface area contributed by atoms with E-state index in [1.807, 2.05) is 17.9 Å². The Bertz CT molecular complexity index is 664. The van der Waals surface area contributed by atoms with Gasteiger partial charge in [-0.05, 0) is 58.3 Å². The molecule has 3 heterocycles. The SMILES string of the molecule is CCN1CCC2(CCN(Cc3ccc(C)o3)CC2)C1=O.O=C(O)C(F)(F)F. The number of likely N-dealkylation sites (tertiary alicyclic amines) is 2. The van der Waals surface area contributed by atoms with Gasteiger partial charge in [0.05, 0.1) is 12.0 Å². The quantitative estimate of drug-likeness (QED) is 0.859. The number of carbonyl (C=O) groups excluding carboxylic acids is 1. The number of aliphatic carboxylic acids is 1. The van der Waals surface area contributed by atoms with E-state index < -0.39 is 12.1 Å². The number of carbonyl (C=O) groups is 2. The molecule has 9 heteroatoms. The lowest BCUT2D eigenvalue weighted by atomic mass is 9.77. The zero-order valence-electron chi connectivity index (χ0n) is 15.5. The Morgan fingerprint density at radius 3 is 2.19 bits per heavy atom. The summed E-state index contributed by atoms with van der Waals surface area (Å²) in [6, 6.07) is 4.07. The number of amides is 1. The third-order valence-corrected chi connectivity index (χ3v) is 5.21. The first-order chi connectivity index (χ1) is 12.6. The largest absolute Gasteiger partial charge is 0.490 e. The molecule has 2 aliphatic heterocycles. The molecular weight excluding hydrogens is 365 g/mol. The number of hydrogen-bond donors (Lipinski definition) is 1. The minimum absolute atomic E-state index is 0.0500. The molecule has 0 aromatic carbocycles. The minimum Gasteiger partial charge on any atom is -0.475 e. The van der Waals surface area contributed by atoms with Gasteiger partial charge in [0, 0.05) is 13.1 Å². The highest BCUT2D eigenvalue weighted by molar-refractivity contribution is 5.85. The fourth-order valence-electron chi connectivity index (χ4n) is 3.59. The zero-order chi connectivity index (χ0) is 20.2. The Hall–Kier alpha value is -2.03. The number of alkyl halides is 3. The monoisotopic (exact) mass is 390 g/mol. The van der Waals surface area contributed by atoms with Crippen molar-refractivity contribution in [2.75, 3.05) is 26.2 Å². The Balaban J connectivity index is 0.000000321. The molecule has 0 bridgehead atoms. The summed E-state index contributed by atoms with van der Waals surface area (Å²) in [4.78, 5) is 25.8. The van der Waals surface area contributed by atoms with Crippen LogP contribution in [-0.4, -0.2) is 59.1 Å². The number of carboxylic acids is 1. The summed E-state index contributed by atoms with van der Waals surface area (Å²) in [6.45, 7) is 8.74. The second-order valence-electron chi connectivity index (χ2n) is 7.01. The van der Waals surface area contributed by atoms with Gasteiger partial charge in [0.25, 0.3) is 0 Å². The molecule has 3 rings (SSSR count). The van der Waals surface area contributed by atoms with Gasteiger partial charge in [0.1, 0.15) is 11.5 Å². The normalized spacial score (nSPS) is 19.9. The van der Waals surface area contributed by atoms with Crippen molar-refractivity contribution in [2.24, 2.45) is 5.41 Å². The third-order valence-electron chi connectivity index (χ3n) is 5.21. The molecule has 0 unspecified atom stereocenters. The molecule has 6 nitrogen and oxygen atoms in total. The van der Waals surface area contributed by atoms with Crippen LogP contribution < -0.4 is 0 Å². The summed E-state index contributed by atoms with van der Waals surface area (Å²) in [7, 11) is 0. The van der Waals surface area contributed by atoms with Gasteiger partial charge in [-0.25, -0.2) is 4.79 Å². The molecule has 1 aromatic rings. The Kier molecular flexibility index (Phi) is 6.56. The zero-order valence-corrected chi connectivity index (χ0v) is 15.5. The van der Waals surface area contributed by atoms with E-state index in [0.717, 1.165) is 63.5 Å². The van der Waals surface area contributed by atoms with E-state index in [0.29, 0.717) is 5.91 Å². The van der Waals surface area contributed by atoms with E-state index in [2.05, 4.69) is 17.9 Å². The maximum absolute atomic E-state index is 12.5. The number of halogens is 3. The molecule has 1 spiro atoms. The standard InChI is InChI=1S/C16H24N2O2.C2HF3O2/c1-3-18-11-8-16(15(18)19)6-9-17(10-7-16)12-14-5-4-13(2)20-14;3-2(4,5)1(6)7/h4-5H,3,6-12H2,1-2H3;(H,6,7).